The minimum absolute atomic E-state index is 0.181. The van der Waals surface area contributed by atoms with Gasteiger partial charge in [0, 0.05) is 4.70 Å². The second kappa shape index (κ2) is 4.59. The van der Waals surface area contributed by atoms with Crippen LogP contribution in [0.3, 0.4) is 0 Å². The van der Waals surface area contributed by atoms with Crippen molar-refractivity contribution in [1.82, 2.24) is 5.43 Å². The molecule has 0 fully saturated rings. The van der Waals surface area contributed by atoms with Crippen LogP contribution in [0.25, 0.3) is 10.1 Å². The molecule has 0 aliphatic rings. The fourth-order valence-corrected chi connectivity index (χ4v) is 2.41. The molecule has 1 aromatic carbocycles. The Morgan fingerprint density at radius 1 is 1.44 bits per heavy atom. The average molecular weight is 249 g/mol. The highest BCUT2D eigenvalue weighted by molar-refractivity contribution is 7.80. The van der Waals surface area contributed by atoms with Crippen LogP contribution in [0.5, 0.6) is 0 Å². The maximum Gasteiger partial charge on any atom is 0.184 e. The summed E-state index contributed by atoms with van der Waals surface area (Å²) in [6, 6.07) is 10.3. The molecule has 1 heterocycles. The van der Waals surface area contributed by atoms with Crippen molar-refractivity contribution in [2.45, 2.75) is 6.92 Å². The molecule has 0 bridgehead atoms. The molecule has 0 saturated carbocycles. The fraction of sp³-hybridized carbons (Fsp3) is 0.0909. The van der Waals surface area contributed by atoms with Gasteiger partial charge in [0.15, 0.2) is 5.11 Å². The summed E-state index contributed by atoms with van der Waals surface area (Å²) < 4.78 is 1.25. The van der Waals surface area contributed by atoms with Crippen molar-refractivity contribution >= 4 is 44.5 Å². The Hall–Kier alpha value is -1.46. The third kappa shape index (κ3) is 2.37. The number of hydrogen-bond donors (Lipinski definition) is 2. The molecule has 5 heteroatoms. The van der Waals surface area contributed by atoms with Crippen LogP contribution in [-0.4, -0.2) is 10.8 Å². The Morgan fingerprint density at radius 2 is 2.19 bits per heavy atom. The summed E-state index contributed by atoms with van der Waals surface area (Å²) in [6.07, 6.45) is 0. The summed E-state index contributed by atoms with van der Waals surface area (Å²) >= 11 is 6.39. The third-order valence-corrected chi connectivity index (χ3v) is 3.43. The van der Waals surface area contributed by atoms with Crippen LogP contribution in [0.4, 0.5) is 0 Å². The lowest BCUT2D eigenvalue weighted by Gasteiger charge is -1.97. The lowest BCUT2D eigenvalue weighted by molar-refractivity contribution is 1.03. The Balaban J connectivity index is 2.33. The van der Waals surface area contributed by atoms with E-state index in [0.29, 0.717) is 0 Å². The predicted octanol–water partition coefficient (Wildman–Crippen LogP) is 2.46. The number of benzene rings is 1. The topological polar surface area (TPSA) is 50.4 Å². The van der Waals surface area contributed by atoms with Gasteiger partial charge in [0.2, 0.25) is 0 Å². The van der Waals surface area contributed by atoms with Gasteiger partial charge in [-0.2, -0.15) is 5.10 Å². The first-order chi connectivity index (χ1) is 7.66. The highest BCUT2D eigenvalue weighted by Crippen LogP contribution is 2.25. The smallest absolute Gasteiger partial charge is 0.184 e. The van der Waals surface area contributed by atoms with Gasteiger partial charge in [-0.25, -0.2) is 0 Å². The summed E-state index contributed by atoms with van der Waals surface area (Å²) in [4.78, 5) is 1.12. The molecule has 0 spiro atoms. The summed E-state index contributed by atoms with van der Waals surface area (Å²) in [5, 5.41) is 5.51. The normalized spacial score (nSPS) is 11.7. The van der Waals surface area contributed by atoms with Gasteiger partial charge in [0.25, 0.3) is 0 Å². The molecule has 2 aromatic rings. The molecular formula is C11H11N3S2. The summed E-state index contributed by atoms with van der Waals surface area (Å²) in [6.45, 7) is 1.93. The quantitative estimate of drug-likeness (QED) is 0.488. The minimum atomic E-state index is 0.181. The number of nitrogens with zero attached hydrogens (tertiary/aromatic N) is 1. The maximum absolute atomic E-state index is 5.31. The number of nitrogens with two attached hydrogens (primary N) is 1. The van der Waals surface area contributed by atoms with Crippen molar-refractivity contribution in [2.24, 2.45) is 10.8 Å². The number of nitrogens with one attached hydrogen (secondary N) is 1. The van der Waals surface area contributed by atoms with E-state index in [9.17, 15) is 0 Å². The zero-order chi connectivity index (χ0) is 11.5. The molecule has 16 heavy (non-hydrogen) atoms. The van der Waals surface area contributed by atoms with Crippen molar-refractivity contribution in [3.63, 3.8) is 0 Å². The van der Waals surface area contributed by atoms with E-state index in [1.54, 1.807) is 11.3 Å². The van der Waals surface area contributed by atoms with Crippen molar-refractivity contribution in [2.75, 3.05) is 0 Å². The molecular weight excluding hydrogens is 238 g/mol. The predicted molar refractivity (Wildman–Crippen MR) is 74.0 cm³/mol. The Bertz CT molecular complexity index is 524. The van der Waals surface area contributed by atoms with Crippen molar-refractivity contribution in [3.05, 3.63) is 35.2 Å². The summed E-state index contributed by atoms with van der Waals surface area (Å²) in [5.74, 6) is 0. The lowest BCUT2D eigenvalue weighted by atomic mass is 10.2. The molecule has 0 radical (unpaired) electrons. The maximum atomic E-state index is 5.31. The Labute approximate surface area is 103 Å². The average Bonchev–Trinajstić information content (AvgIpc) is 2.69. The van der Waals surface area contributed by atoms with Crippen molar-refractivity contribution in [3.8, 4) is 0 Å². The molecule has 0 saturated heterocycles. The van der Waals surface area contributed by atoms with Crippen molar-refractivity contribution < 1.29 is 0 Å². The molecule has 0 amide bonds. The third-order valence-electron chi connectivity index (χ3n) is 2.12. The Morgan fingerprint density at radius 3 is 2.88 bits per heavy atom. The van der Waals surface area contributed by atoms with E-state index in [4.69, 9.17) is 18.0 Å². The summed E-state index contributed by atoms with van der Waals surface area (Å²) in [5.41, 5.74) is 8.79. The van der Waals surface area contributed by atoms with Gasteiger partial charge in [-0.15, -0.1) is 11.3 Å². The van der Waals surface area contributed by atoms with Crippen LogP contribution >= 0.6 is 23.6 Å². The van der Waals surface area contributed by atoms with Gasteiger partial charge < -0.3 is 5.73 Å². The van der Waals surface area contributed by atoms with Crippen LogP contribution in [0.15, 0.2) is 35.4 Å². The van der Waals surface area contributed by atoms with Gasteiger partial charge >= 0.3 is 0 Å². The van der Waals surface area contributed by atoms with Gasteiger partial charge in [-0.3, -0.25) is 5.43 Å². The first kappa shape index (κ1) is 11.0. The fourth-order valence-electron chi connectivity index (χ4n) is 1.35. The standard InChI is InChI=1S/C11H11N3S2/c1-7(13-14-11(12)15)10-6-8-4-2-3-5-9(8)16-10/h2-6H,1H3,(H3,12,14,15). The largest absolute Gasteiger partial charge is 0.375 e. The number of fused-ring (bicyclic) bond motifs is 1. The molecule has 0 aliphatic heterocycles. The Kier molecular flexibility index (Phi) is 3.17. The van der Waals surface area contributed by atoms with E-state index < -0.39 is 0 Å². The number of thiophene rings is 1. The van der Waals surface area contributed by atoms with Crippen molar-refractivity contribution in [1.29, 1.82) is 0 Å². The van der Waals surface area contributed by atoms with Crippen LogP contribution in [-0.2, 0) is 0 Å². The van der Waals surface area contributed by atoms with E-state index in [1.807, 2.05) is 19.1 Å². The minimum Gasteiger partial charge on any atom is -0.375 e. The van der Waals surface area contributed by atoms with Crippen LogP contribution in [0.2, 0.25) is 0 Å². The van der Waals surface area contributed by atoms with E-state index in [0.717, 1.165) is 10.6 Å². The summed E-state index contributed by atoms with van der Waals surface area (Å²) in [7, 11) is 0. The highest BCUT2D eigenvalue weighted by atomic mass is 32.1. The number of rotatable bonds is 2. The van der Waals surface area contributed by atoms with Gasteiger partial charge in [-0.05, 0) is 36.7 Å². The van der Waals surface area contributed by atoms with Gasteiger partial charge in [0.1, 0.15) is 0 Å². The van der Waals surface area contributed by atoms with Crippen LogP contribution < -0.4 is 11.2 Å². The molecule has 0 aliphatic carbocycles. The van der Waals surface area contributed by atoms with E-state index >= 15 is 0 Å². The van der Waals surface area contributed by atoms with Gasteiger partial charge in [-0.1, -0.05) is 18.2 Å². The SMILES string of the molecule is CC(=NNC(N)=S)c1cc2ccccc2s1. The molecule has 3 nitrogen and oxygen atoms in total. The monoisotopic (exact) mass is 249 g/mol. The number of thiocarbonyl (C=S) groups is 1. The molecule has 2 rings (SSSR count). The second-order valence-electron chi connectivity index (χ2n) is 3.32. The molecule has 0 atom stereocenters. The number of hydrazone groups is 1. The van der Waals surface area contributed by atoms with Crippen LogP contribution in [0.1, 0.15) is 11.8 Å². The zero-order valence-electron chi connectivity index (χ0n) is 8.73. The van der Waals surface area contributed by atoms with E-state index in [-0.39, 0.29) is 5.11 Å². The second-order valence-corrected chi connectivity index (χ2v) is 4.85. The first-order valence-electron chi connectivity index (χ1n) is 4.75. The van der Waals surface area contributed by atoms with Gasteiger partial charge in [0.05, 0.1) is 10.6 Å². The first-order valence-corrected chi connectivity index (χ1v) is 5.98. The van der Waals surface area contributed by atoms with E-state index in [1.165, 1.54) is 10.1 Å². The lowest BCUT2D eigenvalue weighted by Crippen LogP contribution is -2.25. The molecule has 1 aromatic heterocycles. The number of hydrogen-bond acceptors (Lipinski definition) is 3. The van der Waals surface area contributed by atoms with Crippen LogP contribution in [0, 0.1) is 0 Å². The highest BCUT2D eigenvalue weighted by Gasteiger charge is 2.03. The zero-order valence-corrected chi connectivity index (χ0v) is 10.4. The van der Waals surface area contributed by atoms with E-state index in [2.05, 4.69) is 28.7 Å². The molecule has 82 valence electrons. The molecule has 3 N–H and O–H groups in total. The molecule has 0 unspecified atom stereocenters.